The maximum absolute atomic E-state index is 10.4. The third-order valence-electron chi connectivity index (χ3n) is 2.96. The fraction of sp³-hybridized carbons (Fsp3) is 0.643. The molecule has 0 spiro atoms. The average molecular weight is 276 g/mol. The first-order chi connectivity index (χ1) is 8.10. The van der Waals surface area contributed by atoms with Crippen LogP contribution in [0.2, 0.25) is 0 Å². The van der Waals surface area contributed by atoms with Crippen molar-refractivity contribution in [1.29, 1.82) is 0 Å². The third-order valence-corrected chi connectivity index (χ3v) is 2.96. The molecule has 0 bridgehead atoms. The van der Waals surface area contributed by atoms with Crippen molar-refractivity contribution < 1.29 is 27.6 Å². The number of carboxylic acids is 1. The summed E-state index contributed by atoms with van der Waals surface area (Å²) >= 11 is 0. The molecule has 0 saturated carbocycles. The normalized spacial score (nSPS) is 11.7. The summed E-state index contributed by atoms with van der Waals surface area (Å²) in [6, 6.07) is 0.388. The monoisotopic (exact) mass is 275 g/mol. The number of rotatable bonds is 11. The van der Waals surface area contributed by atoms with Crippen LogP contribution in [0.15, 0.2) is 25.3 Å². The number of allylic oxidation sites excluding steroid dienone is 2. The van der Waals surface area contributed by atoms with E-state index in [-0.39, 0.29) is 18.8 Å². The molecule has 106 valence electrons. The van der Waals surface area contributed by atoms with E-state index >= 15 is 0 Å². The van der Waals surface area contributed by atoms with Crippen LogP contribution in [0.4, 0.5) is 0 Å². The molecule has 1 atom stereocenters. The highest BCUT2D eigenvalue weighted by atomic mass is 35.5. The molecule has 0 radical (unpaired) electrons. The molecule has 0 aromatic heterocycles. The van der Waals surface area contributed by atoms with Crippen LogP contribution >= 0.6 is 0 Å². The molecule has 0 fully saturated rings. The van der Waals surface area contributed by atoms with Crippen LogP contribution in [0.5, 0.6) is 0 Å². The highest BCUT2D eigenvalue weighted by Crippen LogP contribution is 2.12. The number of nitrogens with two attached hydrogens (primary N) is 1. The Labute approximate surface area is 117 Å². The molecule has 0 amide bonds. The van der Waals surface area contributed by atoms with E-state index in [1.807, 2.05) is 12.2 Å². The Hall–Kier alpha value is -0.800. The SMILES string of the molecule is C=CCC(CC=C)CC[NH2+]C(C)CCC(=O)O.[Cl-]. The quantitative estimate of drug-likeness (QED) is 0.474. The fourth-order valence-corrected chi connectivity index (χ4v) is 1.89. The van der Waals surface area contributed by atoms with Gasteiger partial charge >= 0.3 is 5.97 Å². The summed E-state index contributed by atoms with van der Waals surface area (Å²) in [4.78, 5) is 10.4. The highest BCUT2D eigenvalue weighted by molar-refractivity contribution is 5.66. The summed E-state index contributed by atoms with van der Waals surface area (Å²) < 4.78 is 0. The van der Waals surface area contributed by atoms with Gasteiger partial charge in [-0.15, -0.1) is 13.2 Å². The summed E-state index contributed by atoms with van der Waals surface area (Å²) in [6.45, 7) is 10.7. The van der Waals surface area contributed by atoms with Gasteiger partial charge in [-0.25, -0.2) is 0 Å². The molecule has 4 heteroatoms. The first kappa shape index (κ1) is 19.5. The second kappa shape index (κ2) is 12.7. The van der Waals surface area contributed by atoms with Gasteiger partial charge in [-0.05, 0) is 32.1 Å². The lowest BCUT2D eigenvalue weighted by Gasteiger charge is -2.14. The topological polar surface area (TPSA) is 53.9 Å². The van der Waals surface area contributed by atoms with E-state index in [1.165, 1.54) is 0 Å². The molecule has 0 aromatic carbocycles. The molecule has 0 heterocycles. The third kappa shape index (κ3) is 11.7. The Morgan fingerprint density at radius 2 is 1.83 bits per heavy atom. The number of quaternary nitrogens is 1. The average Bonchev–Trinajstić information content (AvgIpc) is 2.27. The van der Waals surface area contributed by atoms with E-state index in [0.717, 1.165) is 32.2 Å². The van der Waals surface area contributed by atoms with Crippen LogP contribution in [0.25, 0.3) is 0 Å². The van der Waals surface area contributed by atoms with Crippen molar-refractivity contribution in [1.82, 2.24) is 0 Å². The van der Waals surface area contributed by atoms with Crippen molar-refractivity contribution in [2.45, 2.75) is 45.1 Å². The predicted molar refractivity (Wildman–Crippen MR) is 70.9 cm³/mol. The number of hydrogen-bond acceptors (Lipinski definition) is 1. The maximum atomic E-state index is 10.4. The van der Waals surface area contributed by atoms with Crippen molar-refractivity contribution in [2.24, 2.45) is 5.92 Å². The lowest BCUT2D eigenvalue weighted by Crippen LogP contribution is -3.00. The summed E-state index contributed by atoms with van der Waals surface area (Å²) in [5.74, 6) is -0.0747. The van der Waals surface area contributed by atoms with Gasteiger partial charge in [-0.1, -0.05) is 12.2 Å². The number of hydrogen-bond donors (Lipinski definition) is 2. The van der Waals surface area contributed by atoms with Crippen LogP contribution < -0.4 is 17.7 Å². The van der Waals surface area contributed by atoms with Gasteiger partial charge in [0.25, 0.3) is 0 Å². The lowest BCUT2D eigenvalue weighted by atomic mass is 9.97. The van der Waals surface area contributed by atoms with Crippen LogP contribution in [0.1, 0.15) is 39.0 Å². The second-order valence-electron chi connectivity index (χ2n) is 4.64. The minimum absolute atomic E-state index is 0. The molecule has 18 heavy (non-hydrogen) atoms. The van der Waals surface area contributed by atoms with Crippen LogP contribution in [-0.4, -0.2) is 23.7 Å². The zero-order chi connectivity index (χ0) is 13.1. The van der Waals surface area contributed by atoms with Crippen molar-refractivity contribution in [2.75, 3.05) is 6.54 Å². The Morgan fingerprint density at radius 3 is 2.28 bits per heavy atom. The van der Waals surface area contributed by atoms with E-state index in [2.05, 4.69) is 25.4 Å². The Balaban J connectivity index is 0. The predicted octanol–water partition coefficient (Wildman–Crippen LogP) is -1.03. The maximum Gasteiger partial charge on any atom is 0.303 e. The van der Waals surface area contributed by atoms with Crippen molar-refractivity contribution in [3.8, 4) is 0 Å². The minimum Gasteiger partial charge on any atom is -1.00 e. The van der Waals surface area contributed by atoms with Crippen molar-refractivity contribution >= 4 is 5.97 Å². The summed E-state index contributed by atoms with van der Waals surface area (Å²) in [6.07, 6.45) is 8.12. The van der Waals surface area contributed by atoms with Gasteiger partial charge < -0.3 is 22.8 Å². The van der Waals surface area contributed by atoms with E-state index in [4.69, 9.17) is 5.11 Å². The van der Waals surface area contributed by atoms with Crippen LogP contribution in [-0.2, 0) is 4.79 Å². The molecule has 0 aromatic rings. The standard InChI is InChI=1S/C14H25NO2.ClH/c1-4-6-13(7-5-2)10-11-15-12(3)8-9-14(16)17;/h4-5,12-13,15H,1-2,6-11H2,3H3,(H,16,17);1H. The Kier molecular flexibility index (Phi) is 13.7. The first-order valence-corrected chi connectivity index (χ1v) is 6.37. The van der Waals surface area contributed by atoms with Gasteiger partial charge in [0.15, 0.2) is 0 Å². The molecular formula is C14H26ClNO2. The van der Waals surface area contributed by atoms with Gasteiger partial charge in [0, 0.05) is 6.42 Å². The van der Waals surface area contributed by atoms with Crippen LogP contribution in [0.3, 0.4) is 0 Å². The van der Waals surface area contributed by atoms with Gasteiger partial charge in [0.05, 0.1) is 19.0 Å². The number of halogens is 1. The smallest absolute Gasteiger partial charge is 0.303 e. The van der Waals surface area contributed by atoms with Crippen molar-refractivity contribution in [3.05, 3.63) is 25.3 Å². The van der Waals surface area contributed by atoms with Crippen molar-refractivity contribution in [3.63, 3.8) is 0 Å². The zero-order valence-corrected chi connectivity index (χ0v) is 12.0. The molecule has 0 aliphatic carbocycles. The number of carboxylic acid groups (broad SMARTS) is 1. The fourth-order valence-electron chi connectivity index (χ4n) is 1.89. The zero-order valence-electron chi connectivity index (χ0n) is 11.3. The summed E-state index contributed by atoms with van der Waals surface area (Å²) in [7, 11) is 0. The molecule has 0 aliphatic heterocycles. The minimum atomic E-state index is -0.707. The number of carbonyl (C=O) groups is 1. The lowest BCUT2D eigenvalue weighted by molar-refractivity contribution is -0.687. The van der Waals surface area contributed by atoms with E-state index in [0.29, 0.717) is 12.0 Å². The summed E-state index contributed by atoms with van der Waals surface area (Å²) in [5, 5.41) is 10.8. The molecule has 0 aliphatic rings. The molecule has 0 saturated heterocycles. The molecule has 3 N–H and O–H groups in total. The Morgan fingerprint density at radius 1 is 1.28 bits per heavy atom. The molecule has 1 unspecified atom stereocenters. The van der Waals surface area contributed by atoms with Crippen LogP contribution in [0, 0.1) is 5.92 Å². The summed E-state index contributed by atoms with van der Waals surface area (Å²) in [5.41, 5.74) is 0. The van der Waals surface area contributed by atoms with Gasteiger partial charge in [0.1, 0.15) is 0 Å². The highest BCUT2D eigenvalue weighted by Gasteiger charge is 2.10. The molecule has 3 nitrogen and oxygen atoms in total. The van der Waals surface area contributed by atoms with E-state index in [1.54, 1.807) is 0 Å². The van der Waals surface area contributed by atoms with E-state index in [9.17, 15) is 4.79 Å². The molecule has 0 rings (SSSR count). The number of aliphatic carboxylic acids is 1. The second-order valence-corrected chi connectivity index (χ2v) is 4.64. The largest absolute Gasteiger partial charge is 1.00 e. The Bertz CT molecular complexity index is 234. The van der Waals surface area contributed by atoms with Gasteiger partial charge in [-0.2, -0.15) is 0 Å². The molecular weight excluding hydrogens is 250 g/mol. The van der Waals surface area contributed by atoms with Gasteiger partial charge in [-0.3, -0.25) is 4.79 Å². The first-order valence-electron chi connectivity index (χ1n) is 6.37. The van der Waals surface area contributed by atoms with Gasteiger partial charge in [0.2, 0.25) is 0 Å². The van der Waals surface area contributed by atoms with E-state index < -0.39 is 5.97 Å².